The van der Waals surface area contributed by atoms with E-state index in [0.29, 0.717) is 13.0 Å². The largest absolute Gasteiger partial charge is 0.466 e. The van der Waals surface area contributed by atoms with Crippen LogP contribution in [0.3, 0.4) is 0 Å². The molecule has 0 aromatic heterocycles. The average molecular weight is 217 g/mol. The van der Waals surface area contributed by atoms with Crippen molar-refractivity contribution < 1.29 is 14.6 Å². The molecular weight excluding hydrogens is 194 g/mol. The van der Waals surface area contributed by atoms with Gasteiger partial charge in [0.2, 0.25) is 0 Å². The van der Waals surface area contributed by atoms with Crippen LogP contribution in [0.4, 0.5) is 0 Å². The molecule has 0 aliphatic rings. The number of esters is 1. The lowest BCUT2D eigenvalue weighted by Crippen LogP contribution is -2.32. The Hall–Kier alpha value is -0.610. The van der Waals surface area contributed by atoms with Crippen molar-refractivity contribution in [3.8, 4) is 0 Å². The van der Waals surface area contributed by atoms with Gasteiger partial charge in [-0.3, -0.25) is 4.79 Å². The number of nitrogens with one attached hydrogen (secondary N) is 1. The van der Waals surface area contributed by atoms with Crippen molar-refractivity contribution in [2.24, 2.45) is 5.41 Å². The first-order chi connectivity index (χ1) is 7.02. The maximum atomic E-state index is 11.0. The van der Waals surface area contributed by atoms with Crippen LogP contribution in [0.5, 0.6) is 0 Å². The average Bonchev–Trinajstić information content (AvgIpc) is 2.17. The molecule has 0 aliphatic carbocycles. The Balaban J connectivity index is 3.36. The number of carbonyl (C=O) groups excluding carboxylic acids is 1. The van der Waals surface area contributed by atoms with Crippen LogP contribution in [0.15, 0.2) is 0 Å². The smallest absolute Gasteiger partial charge is 0.305 e. The first-order valence-corrected chi connectivity index (χ1v) is 5.49. The molecule has 0 fully saturated rings. The van der Waals surface area contributed by atoms with Crippen LogP contribution in [0.1, 0.15) is 33.6 Å². The van der Waals surface area contributed by atoms with Gasteiger partial charge in [0.05, 0.1) is 6.61 Å². The van der Waals surface area contributed by atoms with Gasteiger partial charge in [0.1, 0.15) is 0 Å². The van der Waals surface area contributed by atoms with Crippen molar-refractivity contribution in [1.29, 1.82) is 0 Å². The van der Waals surface area contributed by atoms with Gasteiger partial charge in [0.15, 0.2) is 0 Å². The van der Waals surface area contributed by atoms with E-state index in [1.54, 1.807) is 6.92 Å². The van der Waals surface area contributed by atoms with Crippen LogP contribution in [0.2, 0.25) is 0 Å². The van der Waals surface area contributed by atoms with Crippen molar-refractivity contribution in [3.63, 3.8) is 0 Å². The molecule has 90 valence electrons. The van der Waals surface area contributed by atoms with E-state index in [0.717, 1.165) is 19.5 Å². The lowest BCUT2D eigenvalue weighted by Gasteiger charge is -2.21. The van der Waals surface area contributed by atoms with Gasteiger partial charge in [-0.05, 0) is 19.9 Å². The van der Waals surface area contributed by atoms with Crippen molar-refractivity contribution in [2.75, 3.05) is 26.3 Å². The van der Waals surface area contributed by atoms with Crippen LogP contribution in [-0.2, 0) is 9.53 Å². The summed E-state index contributed by atoms with van der Waals surface area (Å²) in [6, 6.07) is 0. The van der Waals surface area contributed by atoms with Gasteiger partial charge in [-0.25, -0.2) is 0 Å². The van der Waals surface area contributed by atoms with Gasteiger partial charge in [-0.1, -0.05) is 13.8 Å². The summed E-state index contributed by atoms with van der Waals surface area (Å²) in [7, 11) is 0. The highest BCUT2D eigenvalue weighted by molar-refractivity contribution is 5.69. The summed E-state index contributed by atoms with van der Waals surface area (Å²) in [6.07, 6.45) is 1.24. The normalized spacial score (nSPS) is 11.5. The van der Waals surface area contributed by atoms with Crippen LogP contribution in [0, 0.1) is 5.41 Å². The predicted octanol–water partition coefficient (Wildman–Crippen LogP) is 0.938. The Morgan fingerprint density at radius 2 is 2.13 bits per heavy atom. The van der Waals surface area contributed by atoms with Crippen LogP contribution in [-0.4, -0.2) is 37.4 Å². The molecule has 0 bridgehead atoms. The monoisotopic (exact) mass is 217 g/mol. The molecule has 0 heterocycles. The number of hydrogen-bond donors (Lipinski definition) is 2. The van der Waals surface area contributed by atoms with E-state index in [9.17, 15) is 4.79 Å². The van der Waals surface area contributed by atoms with Crippen LogP contribution < -0.4 is 5.32 Å². The van der Waals surface area contributed by atoms with Gasteiger partial charge in [0.25, 0.3) is 0 Å². The molecule has 0 aromatic rings. The van der Waals surface area contributed by atoms with Crippen molar-refractivity contribution >= 4 is 5.97 Å². The van der Waals surface area contributed by atoms with Crippen molar-refractivity contribution in [2.45, 2.75) is 33.6 Å². The SMILES string of the molecule is CCOC(=O)CCCNCC(C)(C)CO. The molecule has 4 heteroatoms. The van der Waals surface area contributed by atoms with Gasteiger partial charge in [-0.15, -0.1) is 0 Å². The second-order valence-corrected chi connectivity index (χ2v) is 4.41. The molecule has 4 nitrogen and oxygen atoms in total. The molecule has 0 radical (unpaired) electrons. The second-order valence-electron chi connectivity index (χ2n) is 4.41. The second kappa shape index (κ2) is 7.65. The summed E-state index contributed by atoms with van der Waals surface area (Å²) in [5.74, 6) is -0.138. The number of rotatable bonds is 8. The van der Waals surface area contributed by atoms with Crippen LogP contribution in [0.25, 0.3) is 0 Å². The summed E-state index contributed by atoms with van der Waals surface area (Å²) in [5, 5.41) is 12.2. The highest BCUT2D eigenvalue weighted by Gasteiger charge is 2.15. The Kier molecular flexibility index (Phi) is 7.34. The van der Waals surface area contributed by atoms with Crippen molar-refractivity contribution in [1.82, 2.24) is 5.32 Å². The van der Waals surface area contributed by atoms with Crippen LogP contribution >= 0.6 is 0 Å². The Labute approximate surface area is 92.0 Å². The van der Waals surface area contributed by atoms with Gasteiger partial charge in [0, 0.05) is 25.0 Å². The first kappa shape index (κ1) is 14.4. The summed E-state index contributed by atoms with van der Waals surface area (Å²) >= 11 is 0. The Bertz CT molecular complexity index is 181. The molecule has 0 atom stereocenters. The molecule has 0 spiro atoms. The highest BCUT2D eigenvalue weighted by atomic mass is 16.5. The molecule has 15 heavy (non-hydrogen) atoms. The topological polar surface area (TPSA) is 58.6 Å². The molecule has 0 saturated heterocycles. The Morgan fingerprint density at radius 3 is 2.67 bits per heavy atom. The maximum absolute atomic E-state index is 11.0. The molecule has 0 aliphatic heterocycles. The molecule has 0 saturated carbocycles. The molecule has 0 rings (SSSR count). The standard InChI is InChI=1S/C11H23NO3/c1-4-15-10(14)6-5-7-12-8-11(2,3)9-13/h12-13H,4-9H2,1-3H3. The minimum atomic E-state index is -0.138. The van der Waals surface area contributed by atoms with E-state index >= 15 is 0 Å². The fourth-order valence-electron chi connectivity index (χ4n) is 1.07. The maximum Gasteiger partial charge on any atom is 0.305 e. The van der Waals surface area contributed by atoms with E-state index < -0.39 is 0 Å². The molecule has 0 amide bonds. The predicted molar refractivity (Wildman–Crippen MR) is 59.6 cm³/mol. The zero-order valence-corrected chi connectivity index (χ0v) is 10.0. The molecular formula is C11H23NO3. The van der Waals surface area contributed by atoms with E-state index in [1.165, 1.54) is 0 Å². The number of hydrogen-bond acceptors (Lipinski definition) is 4. The molecule has 0 aromatic carbocycles. The fourth-order valence-corrected chi connectivity index (χ4v) is 1.07. The first-order valence-electron chi connectivity index (χ1n) is 5.49. The Morgan fingerprint density at radius 1 is 1.47 bits per heavy atom. The minimum Gasteiger partial charge on any atom is -0.466 e. The lowest BCUT2D eigenvalue weighted by molar-refractivity contribution is -0.143. The third kappa shape index (κ3) is 8.39. The fraction of sp³-hybridized carbons (Fsp3) is 0.909. The van der Waals surface area contributed by atoms with Gasteiger partial charge >= 0.3 is 5.97 Å². The molecule has 0 unspecified atom stereocenters. The van der Waals surface area contributed by atoms with Gasteiger partial charge in [-0.2, -0.15) is 0 Å². The third-order valence-electron chi connectivity index (χ3n) is 2.07. The zero-order chi connectivity index (χ0) is 11.7. The van der Waals surface area contributed by atoms with E-state index in [4.69, 9.17) is 9.84 Å². The van der Waals surface area contributed by atoms with E-state index in [-0.39, 0.29) is 18.0 Å². The summed E-state index contributed by atoms with van der Waals surface area (Å²) in [5.41, 5.74) is -0.0933. The van der Waals surface area contributed by atoms with E-state index in [2.05, 4.69) is 5.32 Å². The molecule has 2 N–H and O–H groups in total. The number of ether oxygens (including phenoxy) is 1. The summed E-state index contributed by atoms with van der Waals surface area (Å²) in [6.45, 7) is 7.94. The summed E-state index contributed by atoms with van der Waals surface area (Å²) < 4.78 is 4.80. The van der Waals surface area contributed by atoms with E-state index in [1.807, 2.05) is 13.8 Å². The third-order valence-corrected chi connectivity index (χ3v) is 2.07. The lowest BCUT2D eigenvalue weighted by atomic mass is 9.95. The zero-order valence-electron chi connectivity index (χ0n) is 10.0. The highest BCUT2D eigenvalue weighted by Crippen LogP contribution is 2.10. The summed E-state index contributed by atoms with van der Waals surface area (Å²) in [4.78, 5) is 11.0. The van der Waals surface area contributed by atoms with Gasteiger partial charge < -0.3 is 15.2 Å². The quantitative estimate of drug-likeness (QED) is 0.469. The minimum absolute atomic E-state index is 0.0933. The number of aliphatic hydroxyl groups is 1. The van der Waals surface area contributed by atoms with Crippen molar-refractivity contribution in [3.05, 3.63) is 0 Å². The number of carbonyl (C=O) groups is 1. The number of aliphatic hydroxyl groups excluding tert-OH is 1.